The summed E-state index contributed by atoms with van der Waals surface area (Å²) in [5.41, 5.74) is 0. The Balaban J connectivity index is 2.63. The maximum atomic E-state index is 8.29. The van der Waals surface area contributed by atoms with Gasteiger partial charge in [0.1, 0.15) is 6.21 Å². The molecule has 0 radical (unpaired) electrons. The lowest BCUT2D eigenvalue weighted by molar-refractivity contribution is 0.321. The molecule has 0 aliphatic carbocycles. The first-order valence-electron chi connectivity index (χ1n) is 3.63. The van der Waals surface area contributed by atoms with E-state index in [0.29, 0.717) is 5.82 Å². The molecular formula is C7H10BrN3O. The first-order valence-corrected chi connectivity index (χ1v) is 4.75. The van der Waals surface area contributed by atoms with E-state index >= 15 is 0 Å². The molecule has 12 heavy (non-hydrogen) atoms. The van der Waals surface area contributed by atoms with Gasteiger partial charge in [0.15, 0.2) is 5.82 Å². The Hall–Kier alpha value is -0.840. The van der Waals surface area contributed by atoms with Crippen molar-refractivity contribution in [1.29, 1.82) is 0 Å². The van der Waals surface area contributed by atoms with Crippen LogP contribution in [0.1, 0.15) is 12.2 Å². The average molecular weight is 232 g/mol. The van der Waals surface area contributed by atoms with Crippen molar-refractivity contribution in [2.75, 3.05) is 5.33 Å². The van der Waals surface area contributed by atoms with Crippen LogP contribution in [0.25, 0.3) is 0 Å². The van der Waals surface area contributed by atoms with Crippen molar-refractivity contribution < 1.29 is 5.21 Å². The highest BCUT2D eigenvalue weighted by molar-refractivity contribution is 9.09. The van der Waals surface area contributed by atoms with Crippen LogP contribution in [0.5, 0.6) is 0 Å². The van der Waals surface area contributed by atoms with Crippen molar-refractivity contribution in [3.8, 4) is 0 Å². The molecule has 0 unspecified atom stereocenters. The van der Waals surface area contributed by atoms with Crippen LogP contribution in [0.15, 0.2) is 17.5 Å². The molecule has 0 amide bonds. The van der Waals surface area contributed by atoms with Crippen molar-refractivity contribution in [1.82, 2.24) is 9.55 Å². The number of rotatable bonds is 4. The van der Waals surface area contributed by atoms with E-state index in [0.717, 1.165) is 18.3 Å². The molecule has 0 aromatic carbocycles. The van der Waals surface area contributed by atoms with E-state index < -0.39 is 0 Å². The number of nitrogens with zero attached hydrogens (tertiary/aromatic N) is 3. The number of oxime groups is 1. The molecule has 0 saturated heterocycles. The summed E-state index contributed by atoms with van der Waals surface area (Å²) in [5.74, 6) is 0.679. The summed E-state index contributed by atoms with van der Waals surface area (Å²) in [6, 6.07) is 0. The molecule has 1 aromatic rings. The Morgan fingerprint density at radius 3 is 3.25 bits per heavy atom. The minimum Gasteiger partial charge on any atom is -0.411 e. The molecule has 0 atom stereocenters. The zero-order valence-electron chi connectivity index (χ0n) is 6.52. The molecule has 1 N–H and O–H groups in total. The van der Waals surface area contributed by atoms with Crippen LogP contribution in [-0.2, 0) is 6.54 Å². The second-order valence-corrected chi connectivity index (χ2v) is 3.06. The minimum absolute atomic E-state index is 0.679. The molecule has 0 aliphatic rings. The number of hydrogen-bond acceptors (Lipinski definition) is 3. The van der Waals surface area contributed by atoms with Crippen LogP contribution in [0.3, 0.4) is 0 Å². The Labute approximate surface area is 79.0 Å². The Morgan fingerprint density at radius 1 is 1.75 bits per heavy atom. The fourth-order valence-corrected chi connectivity index (χ4v) is 1.17. The zero-order chi connectivity index (χ0) is 8.81. The van der Waals surface area contributed by atoms with Gasteiger partial charge in [-0.2, -0.15) is 0 Å². The second-order valence-electron chi connectivity index (χ2n) is 2.27. The number of aromatic nitrogens is 2. The largest absolute Gasteiger partial charge is 0.411 e. The van der Waals surface area contributed by atoms with Gasteiger partial charge >= 0.3 is 0 Å². The third kappa shape index (κ3) is 2.34. The summed E-state index contributed by atoms with van der Waals surface area (Å²) < 4.78 is 1.93. The lowest BCUT2D eigenvalue weighted by Gasteiger charge is -2.00. The van der Waals surface area contributed by atoms with Crippen LogP contribution in [-0.4, -0.2) is 26.3 Å². The summed E-state index contributed by atoms with van der Waals surface area (Å²) >= 11 is 3.34. The van der Waals surface area contributed by atoms with Gasteiger partial charge in [-0.05, 0) is 6.42 Å². The van der Waals surface area contributed by atoms with E-state index in [9.17, 15) is 0 Å². The third-order valence-corrected chi connectivity index (χ3v) is 2.01. The molecule has 0 aliphatic heterocycles. The Morgan fingerprint density at radius 2 is 2.58 bits per heavy atom. The topological polar surface area (TPSA) is 50.4 Å². The van der Waals surface area contributed by atoms with Crippen molar-refractivity contribution in [2.45, 2.75) is 13.0 Å². The molecule has 5 heteroatoms. The number of aryl methyl sites for hydroxylation is 1. The average Bonchev–Trinajstić information content (AvgIpc) is 2.50. The Bertz CT molecular complexity index is 259. The van der Waals surface area contributed by atoms with E-state index in [1.807, 2.05) is 10.8 Å². The van der Waals surface area contributed by atoms with Crippen LogP contribution >= 0.6 is 15.9 Å². The first-order chi connectivity index (χ1) is 5.88. The van der Waals surface area contributed by atoms with Crippen molar-refractivity contribution in [3.63, 3.8) is 0 Å². The molecule has 0 spiro atoms. The monoisotopic (exact) mass is 231 g/mol. The Kier molecular flexibility index (Phi) is 3.79. The number of hydrogen-bond donors (Lipinski definition) is 1. The summed E-state index contributed by atoms with van der Waals surface area (Å²) in [7, 11) is 0. The van der Waals surface area contributed by atoms with Crippen LogP contribution in [0.4, 0.5) is 0 Å². The molecule has 66 valence electrons. The van der Waals surface area contributed by atoms with Gasteiger partial charge in [0.05, 0.1) is 0 Å². The van der Waals surface area contributed by atoms with Crippen LogP contribution < -0.4 is 0 Å². The maximum Gasteiger partial charge on any atom is 0.154 e. The van der Waals surface area contributed by atoms with Gasteiger partial charge in [-0.15, -0.1) is 0 Å². The van der Waals surface area contributed by atoms with Crippen LogP contribution in [0.2, 0.25) is 0 Å². The molecule has 4 nitrogen and oxygen atoms in total. The highest BCUT2D eigenvalue weighted by Gasteiger charge is 1.97. The summed E-state index contributed by atoms with van der Waals surface area (Å²) in [6.07, 6.45) is 5.90. The van der Waals surface area contributed by atoms with E-state index in [4.69, 9.17) is 5.21 Å². The molecular weight excluding hydrogens is 222 g/mol. The van der Waals surface area contributed by atoms with Gasteiger partial charge in [0, 0.05) is 24.3 Å². The summed E-state index contributed by atoms with van der Waals surface area (Å²) in [5, 5.41) is 12.2. The highest BCUT2D eigenvalue weighted by Crippen LogP contribution is 1.98. The normalized spacial score (nSPS) is 11.1. The maximum absolute atomic E-state index is 8.29. The van der Waals surface area contributed by atoms with Gasteiger partial charge in [0.25, 0.3) is 0 Å². The number of halogens is 1. The number of alkyl halides is 1. The van der Waals surface area contributed by atoms with E-state index in [2.05, 4.69) is 26.1 Å². The van der Waals surface area contributed by atoms with Gasteiger partial charge in [0.2, 0.25) is 0 Å². The van der Waals surface area contributed by atoms with Crippen molar-refractivity contribution in [2.24, 2.45) is 5.16 Å². The third-order valence-electron chi connectivity index (χ3n) is 1.45. The van der Waals surface area contributed by atoms with Gasteiger partial charge in [-0.3, -0.25) is 0 Å². The first kappa shape index (κ1) is 9.25. The predicted molar refractivity (Wildman–Crippen MR) is 50.0 cm³/mol. The fourth-order valence-electron chi connectivity index (χ4n) is 0.919. The lowest BCUT2D eigenvalue weighted by atomic mass is 10.4. The smallest absolute Gasteiger partial charge is 0.154 e. The minimum atomic E-state index is 0.679. The summed E-state index contributed by atoms with van der Waals surface area (Å²) in [4.78, 5) is 4.00. The lowest BCUT2D eigenvalue weighted by Crippen LogP contribution is -2.02. The highest BCUT2D eigenvalue weighted by atomic mass is 79.9. The van der Waals surface area contributed by atoms with E-state index in [1.54, 1.807) is 6.20 Å². The molecule has 0 bridgehead atoms. The van der Waals surface area contributed by atoms with Crippen molar-refractivity contribution >= 4 is 22.1 Å². The SMILES string of the molecule is ON=Cc1nccn1CCCBr. The second kappa shape index (κ2) is 4.92. The molecule has 0 fully saturated rings. The van der Waals surface area contributed by atoms with E-state index in [-0.39, 0.29) is 0 Å². The van der Waals surface area contributed by atoms with Crippen LogP contribution in [0, 0.1) is 0 Å². The predicted octanol–water partition coefficient (Wildman–Crippen LogP) is 1.48. The quantitative estimate of drug-likeness (QED) is 0.370. The molecule has 1 aromatic heterocycles. The molecule has 0 saturated carbocycles. The van der Waals surface area contributed by atoms with Gasteiger partial charge in [-0.25, -0.2) is 4.98 Å². The van der Waals surface area contributed by atoms with E-state index in [1.165, 1.54) is 6.21 Å². The standard InChI is InChI=1S/C7H10BrN3O/c8-2-1-4-11-5-3-9-7(11)6-10-12/h3,5-6,12H,1-2,4H2. The number of imidazole rings is 1. The van der Waals surface area contributed by atoms with Crippen molar-refractivity contribution in [3.05, 3.63) is 18.2 Å². The van der Waals surface area contributed by atoms with Gasteiger partial charge < -0.3 is 9.77 Å². The summed E-state index contributed by atoms with van der Waals surface area (Å²) in [6.45, 7) is 0.882. The molecule has 1 rings (SSSR count). The zero-order valence-corrected chi connectivity index (χ0v) is 8.11. The fraction of sp³-hybridized carbons (Fsp3) is 0.429. The molecule has 1 heterocycles. The van der Waals surface area contributed by atoms with Gasteiger partial charge in [-0.1, -0.05) is 21.1 Å².